The molecule has 138 valence electrons. The summed E-state index contributed by atoms with van der Waals surface area (Å²) in [5, 5.41) is 9.69. The summed E-state index contributed by atoms with van der Waals surface area (Å²) in [7, 11) is 0. The molecule has 0 N–H and O–H groups in total. The second kappa shape index (κ2) is 7.82. The van der Waals surface area contributed by atoms with Gasteiger partial charge in [-0.2, -0.15) is 0 Å². The lowest BCUT2D eigenvalue weighted by Crippen LogP contribution is -2.44. The SMILES string of the molecule is CCC1CCCCN1C(=O)CSc1nnc(C2CC2)n1-c1ccccc1. The van der Waals surface area contributed by atoms with Crippen LogP contribution in [0.3, 0.4) is 0 Å². The normalized spacial score (nSPS) is 20.3. The first-order valence-corrected chi connectivity index (χ1v) is 10.7. The van der Waals surface area contributed by atoms with Crippen LogP contribution in [0.5, 0.6) is 0 Å². The molecule has 2 heterocycles. The largest absolute Gasteiger partial charge is 0.339 e. The lowest BCUT2D eigenvalue weighted by Gasteiger charge is -2.35. The predicted molar refractivity (Wildman–Crippen MR) is 104 cm³/mol. The molecule has 0 spiro atoms. The highest BCUT2D eigenvalue weighted by molar-refractivity contribution is 7.99. The Hall–Kier alpha value is -1.82. The van der Waals surface area contributed by atoms with Gasteiger partial charge in [-0.05, 0) is 50.7 Å². The second-order valence-corrected chi connectivity index (χ2v) is 8.16. The van der Waals surface area contributed by atoms with Crippen LogP contribution in [0.2, 0.25) is 0 Å². The molecule has 6 heteroatoms. The quantitative estimate of drug-likeness (QED) is 0.721. The van der Waals surface area contributed by atoms with E-state index in [0.29, 0.717) is 17.7 Å². The van der Waals surface area contributed by atoms with Gasteiger partial charge in [0.2, 0.25) is 5.91 Å². The van der Waals surface area contributed by atoms with Crippen molar-refractivity contribution in [1.29, 1.82) is 0 Å². The molecule has 1 aliphatic carbocycles. The summed E-state index contributed by atoms with van der Waals surface area (Å²) in [6.45, 7) is 3.08. The van der Waals surface area contributed by atoms with Crippen LogP contribution in [0.4, 0.5) is 0 Å². The summed E-state index contributed by atoms with van der Waals surface area (Å²) in [6, 6.07) is 10.7. The standard InChI is InChI=1S/C20H26N4OS/c1-2-16-8-6-7-13-23(16)18(25)14-26-20-22-21-19(15-11-12-15)24(20)17-9-4-3-5-10-17/h3-5,9-10,15-16H,2,6-8,11-14H2,1H3. The van der Waals surface area contributed by atoms with E-state index >= 15 is 0 Å². The number of nitrogens with zero attached hydrogens (tertiary/aromatic N) is 4. The highest BCUT2D eigenvalue weighted by Crippen LogP contribution is 2.41. The van der Waals surface area contributed by atoms with E-state index < -0.39 is 0 Å². The Kier molecular flexibility index (Phi) is 5.29. The molecule has 1 aromatic heterocycles. The van der Waals surface area contributed by atoms with Crippen molar-refractivity contribution in [2.45, 2.75) is 62.6 Å². The lowest BCUT2D eigenvalue weighted by molar-refractivity contribution is -0.132. The number of amides is 1. The Balaban J connectivity index is 1.51. The van der Waals surface area contributed by atoms with Crippen molar-refractivity contribution < 1.29 is 4.79 Å². The molecule has 26 heavy (non-hydrogen) atoms. The fourth-order valence-electron chi connectivity index (χ4n) is 3.76. The van der Waals surface area contributed by atoms with Crippen LogP contribution in [0.25, 0.3) is 5.69 Å². The van der Waals surface area contributed by atoms with Gasteiger partial charge in [0.15, 0.2) is 5.16 Å². The lowest BCUT2D eigenvalue weighted by atomic mass is 10.0. The maximum Gasteiger partial charge on any atom is 0.233 e. The molecule has 1 unspecified atom stereocenters. The molecule has 1 aromatic carbocycles. The Morgan fingerprint density at radius 2 is 1.96 bits per heavy atom. The van der Waals surface area contributed by atoms with E-state index in [4.69, 9.17) is 0 Å². The highest BCUT2D eigenvalue weighted by Gasteiger charge is 2.31. The number of hydrogen-bond acceptors (Lipinski definition) is 4. The fourth-order valence-corrected chi connectivity index (χ4v) is 4.61. The summed E-state index contributed by atoms with van der Waals surface area (Å²) in [4.78, 5) is 14.9. The third-order valence-electron chi connectivity index (χ3n) is 5.36. The van der Waals surface area contributed by atoms with Crippen molar-refractivity contribution in [2.24, 2.45) is 0 Å². The van der Waals surface area contributed by atoms with E-state index in [1.807, 2.05) is 18.2 Å². The molecule has 2 aromatic rings. The van der Waals surface area contributed by atoms with Gasteiger partial charge in [0, 0.05) is 24.2 Å². The van der Waals surface area contributed by atoms with Crippen molar-refractivity contribution in [1.82, 2.24) is 19.7 Å². The third-order valence-corrected chi connectivity index (χ3v) is 6.27. The van der Waals surface area contributed by atoms with Crippen molar-refractivity contribution in [3.63, 3.8) is 0 Å². The van der Waals surface area contributed by atoms with Gasteiger partial charge in [0.05, 0.1) is 5.75 Å². The molecule has 2 fully saturated rings. The van der Waals surface area contributed by atoms with Crippen LogP contribution in [-0.2, 0) is 4.79 Å². The number of aromatic nitrogens is 3. The zero-order valence-electron chi connectivity index (χ0n) is 15.3. The van der Waals surface area contributed by atoms with Crippen molar-refractivity contribution in [3.05, 3.63) is 36.2 Å². The number of likely N-dealkylation sites (tertiary alicyclic amines) is 1. The Morgan fingerprint density at radius 1 is 1.15 bits per heavy atom. The molecule has 1 atom stereocenters. The molecule has 0 radical (unpaired) electrons. The summed E-state index contributed by atoms with van der Waals surface area (Å²) in [6.07, 6.45) is 6.91. The molecule has 1 aliphatic heterocycles. The maximum absolute atomic E-state index is 12.8. The summed E-state index contributed by atoms with van der Waals surface area (Å²) >= 11 is 1.52. The van der Waals surface area contributed by atoms with Crippen LogP contribution in [-0.4, -0.2) is 43.9 Å². The molecular weight excluding hydrogens is 344 g/mol. The van der Waals surface area contributed by atoms with Crippen LogP contribution in [0.15, 0.2) is 35.5 Å². The zero-order valence-corrected chi connectivity index (χ0v) is 16.1. The number of para-hydroxylation sites is 1. The van der Waals surface area contributed by atoms with Gasteiger partial charge in [0.1, 0.15) is 5.82 Å². The van der Waals surface area contributed by atoms with Gasteiger partial charge in [-0.15, -0.1) is 10.2 Å². The summed E-state index contributed by atoms with van der Waals surface area (Å²) in [5.74, 6) is 2.22. The van der Waals surface area contributed by atoms with Gasteiger partial charge in [-0.1, -0.05) is 36.9 Å². The minimum atomic E-state index is 0.233. The fraction of sp³-hybridized carbons (Fsp3) is 0.550. The number of carbonyl (C=O) groups is 1. The van der Waals surface area contributed by atoms with Gasteiger partial charge in [0.25, 0.3) is 0 Å². The second-order valence-electron chi connectivity index (χ2n) is 7.22. The topological polar surface area (TPSA) is 51.0 Å². The Bertz CT molecular complexity index is 756. The average Bonchev–Trinajstić information content (AvgIpc) is 3.46. The number of piperidine rings is 1. The van der Waals surface area contributed by atoms with Gasteiger partial charge >= 0.3 is 0 Å². The van der Waals surface area contributed by atoms with E-state index in [-0.39, 0.29) is 5.91 Å². The molecular formula is C20H26N4OS. The number of hydrogen-bond donors (Lipinski definition) is 0. The maximum atomic E-state index is 12.8. The van der Waals surface area contributed by atoms with Crippen LogP contribution in [0.1, 0.15) is 57.2 Å². The molecule has 0 bridgehead atoms. The molecule has 1 amide bonds. The Morgan fingerprint density at radius 3 is 2.69 bits per heavy atom. The van der Waals surface area contributed by atoms with Crippen LogP contribution < -0.4 is 0 Å². The highest BCUT2D eigenvalue weighted by atomic mass is 32.2. The number of rotatable bonds is 6. The minimum absolute atomic E-state index is 0.233. The monoisotopic (exact) mass is 370 g/mol. The summed E-state index contributed by atoms with van der Waals surface area (Å²) < 4.78 is 2.14. The minimum Gasteiger partial charge on any atom is -0.339 e. The van der Waals surface area contributed by atoms with E-state index in [0.717, 1.165) is 42.5 Å². The molecule has 4 rings (SSSR count). The molecule has 1 saturated carbocycles. The predicted octanol–water partition coefficient (Wildman–Crippen LogP) is 4.03. The van der Waals surface area contributed by atoms with Gasteiger partial charge in [-0.3, -0.25) is 9.36 Å². The van der Waals surface area contributed by atoms with Gasteiger partial charge in [-0.25, -0.2) is 0 Å². The zero-order chi connectivity index (χ0) is 17.9. The van der Waals surface area contributed by atoms with Gasteiger partial charge < -0.3 is 4.90 Å². The van der Waals surface area contributed by atoms with Crippen molar-refractivity contribution in [2.75, 3.05) is 12.3 Å². The van der Waals surface area contributed by atoms with Crippen LogP contribution >= 0.6 is 11.8 Å². The van der Waals surface area contributed by atoms with E-state index in [1.54, 1.807) is 0 Å². The average molecular weight is 371 g/mol. The number of carbonyl (C=O) groups excluding carboxylic acids is 1. The van der Waals surface area contributed by atoms with E-state index in [9.17, 15) is 4.79 Å². The number of benzene rings is 1. The molecule has 1 saturated heterocycles. The van der Waals surface area contributed by atoms with Crippen molar-refractivity contribution >= 4 is 17.7 Å². The smallest absolute Gasteiger partial charge is 0.233 e. The van der Waals surface area contributed by atoms with Crippen LogP contribution in [0, 0.1) is 0 Å². The van der Waals surface area contributed by atoms with E-state index in [2.05, 4.69) is 38.7 Å². The van der Waals surface area contributed by atoms with Crippen molar-refractivity contribution in [3.8, 4) is 5.69 Å². The molecule has 2 aliphatic rings. The van der Waals surface area contributed by atoms with E-state index in [1.165, 1.54) is 31.0 Å². The first kappa shape index (κ1) is 17.6. The Labute approximate surface area is 159 Å². The third kappa shape index (κ3) is 3.65. The summed E-state index contributed by atoms with van der Waals surface area (Å²) in [5.41, 5.74) is 1.08. The molecule has 5 nitrogen and oxygen atoms in total. The first-order chi connectivity index (χ1) is 12.8. The first-order valence-electron chi connectivity index (χ1n) is 9.71. The number of thioether (sulfide) groups is 1.